The van der Waals surface area contributed by atoms with Crippen molar-refractivity contribution in [2.45, 2.75) is 39.8 Å². The monoisotopic (exact) mass is 263 g/mol. The van der Waals surface area contributed by atoms with Gasteiger partial charge in [-0.25, -0.2) is 0 Å². The van der Waals surface area contributed by atoms with Gasteiger partial charge in [0.05, 0.1) is 7.11 Å². The summed E-state index contributed by atoms with van der Waals surface area (Å²) in [5.74, 6) is 1.55. The number of ether oxygens (including phenoxy) is 2. The molecule has 0 bridgehead atoms. The maximum atomic E-state index is 5.64. The molecular weight excluding hydrogens is 238 g/mol. The van der Waals surface area contributed by atoms with Crippen LogP contribution in [0.2, 0.25) is 0 Å². The average molecular weight is 263 g/mol. The number of benzene rings is 1. The topological polar surface area (TPSA) is 30.5 Å². The quantitative estimate of drug-likeness (QED) is 0.796. The molecule has 0 saturated carbocycles. The normalized spacial score (nSPS) is 11.8. The Hall–Kier alpha value is -1.48. The second-order valence-electron chi connectivity index (χ2n) is 5.47. The summed E-state index contributed by atoms with van der Waals surface area (Å²) < 4.78 is 11.0. The molecule has 0 aromatic heterocycles. The SMILES string of the molecule is CC=CCOc1ccc(CNC(C)(C)C)cc1OC. The molecule has 1 aromatic rings. The van der Waals surface area contributed by atoms with E-state index in [9.17, 15) is 0 Å². The van der Waals surface area contributed by atoms with Crippen LogP contribution in [0.15, 0.2) is 30.4 Å². The Balaban J connectivity index is 2.72. The van der Waals surface area contributed by atoms with Gasteiger partial charge in [0.1, 0.15) is 6.61 Å². The van der Waals surface area contributed by atoms with Crippen molar-refractivity contribution in [3.63, 3.8) is 0 Å². The Labute approximate surface area is 116 Å². The van der Waals surface area contributed by atoms with Crippen LogP contribution in [0, 0.1) is 0 Å². The molecule has 0 radical (unpaired) electrons. The van der Waals surface area contributed by atoms with Crippen molar-refractivity contribution in [2.24, 2.45) is 0 Å². The third kappa shape index (κ3) is 5.79. The fourth-order valence-corrected chi connectivity index (χ4v) is 1.54. The second-order valence-corrected chi connectivity index (χ2v) is 5.47. The van der Waals surface area contributed by atoms with E-state index in [0.29, 0.717) is 6.61 Å². The number of hydrogen-bond acceptors (Lipinski definition) is 3. The van der Waals surface area contributed by atoms with E-state index in [0.717, 1.165) is 18.0 Å². The number of methoxy groups -OCH3 is 1. The molecule has 0 aliphatic rings. The van der Waals surface area contributed by atoms with Gasteiger partial charge >= 0.3 is 0 Å². The number of hydrogen-bond donors (Lipinski definition) is 1. The van der Waals surface area contributed by atoms with Gasteiger partial charge in [0, 0.05) is 12.1 Å². The molecule has 0 aliphatic heterocycles. The Morgan fingerprint density at radius 2 is 1.95 bits per heavy atom. The lowest BCUT2D eigenvalue weighted by atomic mass is 10.1. The summed E-state index contributed by atoms with van der Waals surface area (Å²) in [5.41, 5.74) is 1.29. The van der Waals surface area contributed by atoms with E-state index in [-0.39, 0.29) is 5.54 Å². The van der Waals surface area contributed by atoms with E-state index in [2.05, 4.69) is 32.2 Å². The largest absolute Gasteiger partial charge is 0.493 e. The van der Waals surface area contributed by atoms with Crippen LogP contribution < -0.4 is 14.8 Å². The first-order chi connectivity index (χ1) is 8.96. The molecule has 0 fully saturated rings. The Kier molecular flexibility index (Phi) is 5.90. The molecule has 19 heavy (non-hydrogen) atoms. The van der Waals surface area contributed by atoms with Gasteiger partial charge in [-0.2, -0.15) is 0 Å². The minimum Gasteiger partial charge on any atom is -0.493 e. The van der Waals surface area contributed by atoms with Crippen LogP contribution in [0.3, 0.4) is 0 Å². The Bertz CT molecular complexity index is 419. The summed E-state index contributed by atoms with van der Waals surface area (Å²) in [5, 5.41) is 3.45. The van der Waals surface area contributed by atoms with E-state index >= 15 is 0 Å². The van der Waals surface area contributed by atoms with E-state index in [1.807, 2.05) is 31.2 Å². The molecular formula is C16H25NO2. The molecule has 0 saturated heterocycles. The Morgan fingerprint density at radius 3 is 2.53 bits per heavy atom. The van der Waals surface area contributed by atoms with Crippen LogP contribution >= 0.6 is 0 Å². The molecule has 0 unspecified atom stereocenters. The van der Waals surface area contributed by atoms with Crippen LogP contribution in [-0.2, 0) is 6.54 Å². The highest BCUT2D eigenvalue weighted by Gasteiger charge is 2.10. The van der Waals surface area contributed by atoms with Gasteiger partial charge in [-0.1, -0.05) is 18.2 Å². The summed E-state index contributed by atoms with van der Waals surface area (Å²) in [4.78, 5) is 0. The molecule has 3 heteroatoms. The van der Waals surface area contributed by atoms with E-state index in [1.165, 1.54) is 5.56 Å². The zero-order valence-electron chi connectivity index (χ0n) is 12.6. The van der Waals surface area contributed by atoms with Gasteiger partial charge in [-0.05, 0) is 45.4 Å². The minimum absolute atomic E-state index is 0.105. The maximum Gasteiger partial charge on any atom is 0.161 e. The summed E-state index contributed by atoms with van der Waals surface area (Å²) >= 11 is 0. The molecule has 0 atom stereocenters. The first-order valence-electron chi connectivity index (χ1n) is 6.62. The molecule has 0 amide bonds. The standard InChI is InChI=1S/C16H25NO2/c1-6-7-10-19-14-9-8-13(11-15(14)18-5)12-17-16(2,3)4/h6-9,11,17H,10,12H2,1-5H3. The summed E-state index contributed by atoms with van der Waals surface area (Å²) in [7, 11) is 1.67. The predicted molar refractivity (Wildman–Crippen MR) is 79.9 cm³/mol. The van der Waals surface area contributed by atoms with Crippen molar-refractivity contribution < 1.29 is 9.47 Å². The molecule has 0 heterocycles. The Morgan fingerprint density at radius 1 is 1.21 bits per heavy atom. The minimum atomic E-state index is 0.105. The van der Waals surface area contributed by atoms with Gasteiger partial charge in [-0.15, -0.1) is 0 Å². The van der Waals surface area contributed by atoms with Gasteiger partial charge < -0.3 is 14.8 Å². The summed E-state index contributed by atoms with van der Waals surface area (Å²) in [6, 6.07) is 6.04. The van der Waals surface area contributed by atoms with E-state index in [4.69, 9.17) is 9.47 Å². The first-order valence-corrected chi connectivity index (χ1v) is 6.62. The smallest absolute Gasteiger partial charge is 0.161 e. The second kappa shape index (κ2) is 7.19. The molecule has 0 aliphatic carbocycles. The zero-order chi connectivity index (χ0) is 14.3. The number of nitrogens with one attached hydrogen (secondary N) is 1. The molecule has 1 aromatic carbocycles. The number of rotatable bonds is 6. The highest BCUT2D eigenvalue weighted by Crippen LogP contribution is 2.28. The summed E-state index contributed by atoms with van der Waals surface area (Å²) in [6.45, 7) is 9.81. The van der Waals surface area contributed by atoms with E-state index in [1.54, 1.807) is 7.11 Å². The highest BCUT2D eigenvalue weighted by atomic mass is 16.5. The van der Waals surface area contributed by atoms with Crippen molar-refractivity contribution in [1.82, 2.24) is 5.32 Å². The molecule has 0 spiro atoms. The van der Waals surface area contributed by atoms with Crippen LogP contribution in [0.4, 0.5) is 0 Å². The van der Waals surface area contributed by atoms with Crippen LogP contribution in [0.5, 0.6) is 11.5 Å². The third-order valence-corrected chi connectivity index (χ3v) is 2.62. The van der Waals surface area contributed by atoms with Crippen LogP contribution in [0.25, 0.3) is 0 Å². The van der Waals surface area contributed by atoms with Gasteiger partial charge in [0.15, 0.2) is 11.5 Å². The summed E-state index contributed by atoms with van der Waals surface area (Å²) in [6.07, 6.45) is 3.93. The predicted octanol–water partition coefficient (Wildman–Crippen LogP) is 3.54. The highest BCUT2D eigenvalue weighted by molar-refractivity contribution is 5.43. The lowest BCUT2D eigenvalue weighted by molar-refractivity contribution is 0.325. The zero-order valence-corrected chi connectivity index (χ0v) is 12.6. The van der Waals surface area contributed by atoms with Crippen molar-refractivity contribution in [2.75, 3.05) is 13.7 Å². The first kappa shape index (κ1) is 15.6. The fourth-order valence-electron chi connectivity index (χ4n) is 1.54. The van der Waals surface area contributed by atoms with Crippen LogP contribution in [-0.4, -0.2) is 19.3 Å². The van der Waals surface area contributed by atoms with Crippen molar-refractivity contribution in [1.29, 1.82) is 0 Å². The van der Waals surface area contributed by atoms with Gasteiger partial charge in [0.2, 0.25) is 0 Å². The van der Waals surface area contributed by atoms with Gasteiger partial charge in [0.25, 0.3) is 0 Å². The molecule has 1 rings (SSSR count). The lowest BCUT2D eigenvalue weighted by Crippen LogP contribution is -2.35. The van der Waals surface area contributed by atoms with Crippen molar-refractivity contribution >= 4 is 0 Å². The van der Waals surface area contributed by atoms with Crippen LogP contribution in [0.1, 0.15) is 33.3 Å². The third-order valence-electron chi connectivity index (χ3n) is 2.62. The molecule has 3 nitrogen and oxygen atoms in total. The maximum absolute atomic E-state index is 5.64. The average Bonchev–Trinajstić information content (AvgIpc) is 2.36. The molecule has 106 valence electrons. The molecule has 1 N–H and O–H groups in total. The fraction of sp³-hybridized carbons (Fsp3) is 0.500. The van der Waals surface area contributed by atoms with Gasteiger partial charge in [-0.3, -0.25) is 0 Å². The van der Waals surface area contributed by atoms with Crippen molar-refractivity contribution in [3.05, 3.63) is 35.9 Å². The number of allylic oxidation sites excluding steroid dienone is 1. The van der Waals surface area contributed by atoms with E-state index < -0.39 is 0 Å². The van der Waals surface area contributed by atoms with Crippen molar-refractivity contribution in [3.8, 4) is 11.5 Å². The lowest BCUT2D eigenvalue weighted by Gasteiger charge is -2.21.